The largest absolute Gasteiger partial charge is 0.323 e. The third kappa shape index (κ3) is 3.89. The van der Waals surface area contributed by atoms with E-state index in [2.05, 4.69) is 20.5 Å². The molecule has 1 aromatic heterocycles. The average molecular weight is 393 g/mol. The predicted molar refractivity (Wildman–Crippen MR) is 110 cm³/mol. The second kappa shape index (κ2) is 7.82. The van der Waals surface area contributed by atoms with Crippen molar-refractivity contribution in [1.82, 2.24) is 15.2 Å². The van der Waals surface area contributed by atoms with Gasteiger partial charge in [-0.05, 0) is 41.5 Å². The lowest BCUT2D eigenvalue weighted by atomic mass is 9.96. The maximum Gasteiger partial charge on any atom is 0.246 e. The van der Waals surface area contributed by atoms with Gasteiger partial charge in [-0.1, -0.05) is 61.0 Å². The molecule has 6 heteroatoms. The Labute approximate surface area is 167 Å². The Kier molecular flexibility index (Phi) is 5.08. The first kappa shape index (κ1) is 18.2. The Bertz CT molecular complexity index is 1080. The summed E-state index contributed by atoms with van der Waals surface area (Å²) in [7, 11) is 0. The molecule has 1 atom stereocenters. The molecule has 1 heterocycles. The first-order valence-electron chi connectivity index (χ1n) is 8.90. The number of benzene rings is 3. The van der Waals surface area contributed by atoms with Crippen LogP contribution in [0.4, 0.5) is 16.0 Å². The van der Waals surface area contributed by atoms with Gasteiger partial charge in [-0.15, -0.1) is 5.10 Å². The summed E-state index contributed by atoms with van der Waals surface area (Å²) < 4.78 is 14.7. The SMILES string of the molecule is CC(c1ccc(-c2ccccc2)c(F)c1)c1nc(Nc2ccc(Cl)cc2)n[nH]1. The van der Waals surface area contributed by atoms with E-state index in [9.17, 15) is 4.39 Å². The zero-order valence-corrected chi connectivity index (χ0v) is 15.9. The van der Waals surface area contributed by atoms with Crippen LogP contribution in [0.3, 0.4) is 0 Å². The number of aromatic nitrogens is 3. The summed E-state index contributed by atoms with van der Waals surface area (Å²) >= 11 is 5.90. The summed E-state index contributed by atoms with van der Waals surface area (Å²) in [5.41, 5.74) is 3.10. The van der Waals surface area contributed by atoms with Crippen LogP contribution in [0.15, 0.2) is 72.8 Å². The van der Waals surface area contributed by atoms with E-state index in [1.54, 1.807) is 24.3 Å². The number of H-pyrrole nitrogens is 1. The topological polar surface area (TPSA) is 53.6 Å². The van der Waals surface area contributed by atoms with Gasteiger partial charge in [-0.25, -0.2) is 4.39 Å². The third-order valence-electron chi connectivity index (χ3n) is 4.59. The van der Waals surface area contributed by atoms with Crippen LogP contribution < -0.4 is 5.32 Å². The van der Waals surface area contributed by atoms with Crippen molar-refractivity contribution in [3.63, 3.8) is 0 Å². The minimum atomic E-state index is -0.255. The Morgan fingerprint density at radius 2 is 1.75 bits per heavy atom. The Morgan fingerprint density at radius 3 is 2.46 bits per heavy atom. The molecule has 3 aromatic carbocycles. The number of halogens is 2. The van der Waals surface area contributed by atoms with Crippen molar-refractivity contribution in [2.24, 2.45) is 0 Å². The molecule has 0 fully saturated rings. The van der Waals surface area contributed by atoms with E-state index in [4.69, 9.17) is 11.6 Å². The first-order chi connectivity index (χ1) is 13.6. The number of anilines is 2. The van der Waals surface area contributed by atoms with Crippen LogP contribution in [0.5, 0.6) is 0 Å². The number of hydrogen-bond donors (Lipinski definition) is 2. The minimum absolute atomic E-state index is 0.132. The second-order valence-corrected chi connectivity index (χ2v) is 6.94. The lowest BCUT2D eigenvalue weighted by Crippen LogP contribution is -2.00. The van der Waals surface area contributed by atoms with Gasteiger partial charge in [0.2, 0.25) is 5.95 Å². The highest BCUT2D eigenvalue weighted by molar-refractivity contribution is 6.30. The Hall–Kier alpha value is -3.18. The zero-order valence-electron chi connectivity index (χ0n) is 15.2. The number of aromatic amines is 1. The number of rotatable bonds is 5. The quantitative estimate of drug-likeness (QED) is 0.427. The van der Waals surface area contributed by atoms with E-state index >= 15 is 0 Å². The van der Waals surface area contributed by atoms with Crippen LogP contribution in [0.1, 0.15) is 24.2 Å². The molecule has 4 aromatic rings. The van der Waals surface area contributed by atoms with Crippen LogP contribution in [0, 0.1) is 5.82 Å². The van der Waals surface area contributed by atoms with Gasteiger partial charge in [0.1, 0.15) is 11.6 Å². The summed E-state index contributed by atoms with van der Waals surface area (Å²) in [4.78, 5) is 4.48. The van der Waals surface area contributed by atoms with Crippen molar-refractivity contribution < 1.29 is 4.39 Å². The molecular formula is C22H18ClFN4. The lowest BCUT2D eigenvalue weighted by molar-refractivity contribution is 0.627. The van der Waals surface area contributed by atoms with Crippen LogP contribution in [0.25, 0.3) is 11.1 Å². The molecule has 0 saturated heterocycles. The molecule has 140 valence electrons. The smallest absolute Gasteiger partial charge is 0.246 e. The van der Waals surface area contributed by atoms with E-state index in [0.29, 0.717) is 22.4 Å². The van der Waals surface area contributed by atoms with Crippen molar-refractivity contribution in [3.05, 3.63) is 95.0 Å². The number of nitrogens with zero attached hydrogens (tertiary/aromatic N) is 2. The van der Waals surface area contributed by atoms with Crippen molar-refractivity contribution in [2.75, 3.05) is 5.32 Å². The summed E-state index contributed by atoms with van der Waals surface area (Å²) in [6.07, 6.45) is 0. The second-order valence-electron chi connectivity index (χ2n) is 6.50. The molecule has 4 nitrogen and oxygen atoms in total. The summed E-state index contributed by atoms with van der Waals surface area (Å²) in [6, 6.07) is 22.1. The molecule has 4 rings (SSSR count). The lowest BCUT2D eigenvalue weighted by Gasteiger charge is -2.11. The highest BCUT2D eigenvalue weighted by Crippen LogP contribution is 2.28. The van der Waals surface area contributed by atoms with E-state index in [-0.39, 0.29) is 11.7 Å². The number of hydrogen-bond acceptors (Lipinski definition) is 3. The summed E-state index contributed by atoms with van der Waals surface area (Å²) in [5.74, 6) is 0.719. The van der Waals surface area contributed by atoms with Gasteiger partial charge in [-0.3, -0.25) is 5.10 Å². The summed E-state index contributed by atoms with van der Waals surface area (Å²) in [6.45, 7) is 1.96. The molecule has 28 heavy (non-hydrogen) atoms. The van der Waals surface area contributed by atoms with E-state index in [1.165, 1.54) is 0 Å². The molecule has 0 saturated carbocycles. The standard InChI is InChI=1S/C22H18ClFN4/c1-14(16-7-12-19(20(24)13-16)15-5-3-2-4-6-15)21-26-22(28-27-21)25-18-10-8-17(23)9-11-18/h2-14H,1H3,(H2,25,26,27,28). The molecule has 0 aliphatic heterocycles. The maximum absolute atomic E-state index is 14.7. The van der Waals surface area contributed by atoms with Crippen molar-refractivity contribution >= 4 is 23.2 Å². The van der Waals surface area contributed by atoms with Crippen molar-refractivity contribution in [2.45, 2.75) is 12.8 Å². The highest BCUT2D eigenvalue weighted by Gasteiger charge is 2.16. The van der Waals surface area contributed by atoms with Crippen LogP contribution in [-0.2, 0) is 0 Å². The van der Waals surface area contributed by atoms with Crippen molar-refractivity contribution in [1.29, 1.82) is 0 Å². The normalized spacial score (nSPS) is 12.0. The zero-order chi connectivity index (χ0) is 19.5. The van der Waals surface area contributed by atoms with Crippen molar-refractivity contribution in [3.8, 4) is 11.1 Å². The molecule has 0 bridgehead atoms. The van der Waals surface area contributed by atoms with Gasteiger partial charge in [0.25, 0.3) is 0 Å². The highest BCUT2D eigenvalue weighted by atomic mass is 35.5. The predicted octanol–water partition coefficient (Wildman–Crippen LogP) is 6.16. The van der Waals surface area contributed by atoms with Gasteiger partial charge in [0, 0.05) is 22.2 Å². The molecule has 0 amide bonds. The van der Waals surface area contributed by atoms with Gasteiger partial charge in [-0.2, -0.15) is 4.98 Å². The molecule has 0 radical (unpaired) electrons. The first-order valence-corrected chi connectivity index (χ1v) is 9.28. The van der Waals surface area contributed by atoms with Crippen LogP contribution in [0.2, 0.25) is 5.02 Å². The van der Waals surface area contributed by atoms with E-state index < -0.39 is 0 Å². The molecule has 0 aliphatic carbocycles. The van der Waals surface area contributed by atoms with Crippen LogP contribution >= 0.6 is 11.6 Å². The average Bonchev–Trinajstić information content (AvgIpc) is 3.18. The fourth-order valence-corrected chi connectivity index (χ4v) is 3.12. The molecular weight excluding hydrogens is 375 g/mol. The van der Waals surface area contributed by atoms with Gasteiger partial charge in [0.05, 0.1) is 0 Å². The Balaban J connectivity index is 1.53. The molecule has 0 aliphatic rings. The van der Waals surface area contributed by atoms with Gasteiger partial charge >= 0.3 is 0 Å². The summed E-state index contributed by atoms with van der Waals surface area (Å²) in [5, 5.41) is 10.9. The maximum atomic E-state index is 14.7. The third-order valence-corrected chi connectivity index (χ3v) is 4.84. The minimum Gasteiger partial charge on any atom is -0.323 e. The molecule has 2 N–H and O–H groups in total. The van der Waals surface area contributed by atoms with E-state index in [1.807, 2.05) is 55.5 Å². The fraction of sp³-hybridized carbons (Fsp3) is 0.0909. The number of nitrogens with one attached hydrogen (secondary N) is 2. The Morgan fingerprint density at radius 1 is 1.00 bits per heavy atom. The monoisotopic (exact) mass is 392 g/mol. The molecule has 1 unspecified atom stereocenters. The van der Waals surface area contributed by atoms with Gasteiger partial charge < -0.3 is 5.32 Å². The van der Waals surface area contributed by atoms with Gasteiger partial charge in [0.15, 0.2) is 0 Å². The molecule has 0 spiro atoms. The van der Waals surface area contributed by atoms with Crippen LogP contribution in [-0.4, -0.2) is 15.2 Å². The van der Waals surface area contributed by atoms with E-state index in [0.717, 1.165) is 16.8 Å². The fourth-order valence-electron chi connectivity index (χ4n) is 3.00.